The summed E-state index contributed by atoms with van der Waals surface area (Å²) >= 11 is 0. The van der Waals surface area contributed by atoms with Crippen LogP contribution in [-0.4, -0.2) is 24.8 Å². The summed E-state index contributed by atoms with van der Waals surface area (Å²) in [5.74, 6) is -1.31. The first kappa shape index (κ1) is 19.3. The van der Waals surface area contributed by atoms with Crippen LogP contribution in [0.2, 0.25) is 0 Å². The number of rotatable bonds is 5. The van der Waals surface area contributed by atoms with Gasteiger partial charge in [0, 0.05) is 16.9 Å². The smallest absolute Gasteiger partial charge is 0.295 e. The Morgan fingerprint density at radius 3 is 1.71 bits per heavy atom. The van der Waals surface area contributed by atoms with E-state index in [1.807, 2.05) is 0 Å². The minimum atomic E-state index is -4.74. The summed E-state index contributed by atoms with van der Waals surface area (Å²) in [6, 6.07) is 20.5. The van der Waals surface area contributed by atoms with E-state index in [-0.39, 0.29) is 11.1 Å². The lowest BCUT2D eigenvalue weighted by Gasteiger charge is -2.11. The van der Waals surface area contributed by atoms with Crippen LogP contribution in [0.5, 0.6) is 0 Å². The molecule has 0 aromatic heterocycles. The lowest BCUT2D eigenvalue weighted by molar-refractivity contribution is 0.101. The average Bonchev–Trinajstić information content (AvgIpc) is 2.68. The third-order valence-electron chi connectivity index (χ3n) is 3.83. The van der Waals surface area contributed by atoms with Gasteiger partial charge in [-0.25, -0.2) is 0 Å². The van der Waals surface area contributed by atoms with Gasteiger partial charge < -0.3 is 10.6 Å². The van der Waals surface area contributed by atoms with E-state index in [9.17, 15) is 22.6 Å². The van der Waals surface area contributed by atoms with Gasteiger partial charge in [0.25, 0.3) is 21.9 Å². The van der Waals surface area contributed by atoms with Gasteiger partial charge in [0.05, 0.1) is 5.56 Å². The molecule has 2 amide bonds. The van der Waals surface area contributed by atoms with Crippen molar-refractivity contribution in [3.63, 3.8) is 0 Å². The summed E-state index contributed by atoms with van der Waals surface area (Å²) < 4.78 is 33.1. The molecule has 7 nitrogen and oxygen atoms in total. The maximum Gasteiger partial charge on any atom is 0.295 e. The van der Waals surface area contributed by atoms with Crippen molar-refractivity contribution in [2.24, 2.45) is 0 Å². The number of amides is 2. The van der Waals surface area contributed by atoms with Crippen molar-refractivity contribution in [3.05, 3.63) is 90.0 Å². The fraction of sp³-hybridized carbons (Fsp3) is 0. The van der Waals surface area contributed by atoms with Crippen molar-refractivity contribution in [3.8, 4) is 0 Å². The number of hydrogen-bond acceptors (Lipinski definition) is 4. The molecule has 0 saturated heterocycles. The summed E-state index contributed by atoms with van der Waals surface area (Å²) in [5.41, 5.74) is 0.682. The maximum atomic E-state index is 12.5. The van der Waals surface area contributed by atoms with E-state index >= 15 is 0 Å². The molecule has 8 heteroatoms. The van der Waals surface area contributed by atoms with Gasteiger partial charge in [-0.05, 0) is 42.5 Å². The molecule has 0 saturated carbocycles. The Labute approximate surface area is 161 Å². The number of carbonyl (C=O) groups excluding carboxylic acids is 2. The van der Waals surface area contributed by atoms with Gasteiger partial charge in [-0.2, -0.15) is 8.42 Å². The lowest BCUT2D eigenvalue weighted by atomic mass is 10.1. The first-order valence-corrected chi connectivity index (χ1v) is 9.63. The minimum absolute atomic E-state index is 0.0206. The van der Waals surface area contributed by atoms with E-state index in [1.54, 1.807) is 60.7 Å². The van der Waals surface area contributed by atoms with Gasteiger partial charge in [0.1, 0.15) is 4.90 Å². The van der Waals surface area contributed by atoms with Crippen molar-refractivity contribution >= 4 is 33.3 Å². The molecule has 0 atom stereocenters. The fourth-order valence-electron chi connectivity index (χ4n) is 2.51. The molecule has 0 radical (unpaired) electrons. The van der Waals surface area contributed by atoms with Crippen LogP contribution in [0.15, 0.2) is 83.8 Å². The second-order valence-electron chi connectivity index (χ2n) is 5.83. The van der Waals surface area contributed by atoms with E-state index in [0.29, 0.717) is 11.4 Å². The number of carbonyl (C=O) groups is 2. The minimum Gasteiger partial charge on any atom is -0.322 e. The molecule has 0 aliphatic rings. The number of nitrogens with one attached hydrogen (secondary N) is 2. The summed E-state index contributed by atoms with van der Waals surface area (Å²) in [7, 11) is -4.74. The van der Waals surface area contributed by atoms with Crippen LogP contribution in [-0.2, 0) is 10.1 Å². The zero-order valence-corrected chi connectivity index (χ0v) is 15.3. The van der Waals surface area contributed by atoms with E-state index in [4.69, 9.17) is 0 Å². The number of para-hydroxylation sites is 2. The normalized spacial score (nSPS) is 10.9. The Morgan fingerprint density at radius 1 is 0.714 bits per heavy atom. The quantitative estimate of drug-likeness (QED) is 0.572. The SMILES string of the molecule is O=C(Nc1ccccc1)c1ccc(C(=O)Nc2ccccc2)c(S(=O)(=O)O)c1. The third kappa shape index (κ3) is 4.61. The van der Waals surface area contributed by atoms with Gasteiger partial charge in [-0.1, -0.05) is 36.4 Å². The van der Waals surface area contributed by atoms with E-state index < -0.39 is 26.8 Å². The monoisotopic (exact) mass is 396 g/mol. The average molecular weight is 396 g/mol. The standard InChI is InChI=1S/C20H16N2O5S/c23-19(21-15-7-3-1-4-8-15)14-11-12-17(18(13-14)28(25,26)27)20(24)22-16-9-5-2-6-10-16/h1-13H,(H,21,23)(H,22,24)(H,25,26,27). The zero-order valence-electron chi connectivity index (χ0n) is 14.5. The molecule has 0 aliphatic carbocycles. The molecule has 3 rings (SSSR count). The van der Waals surface area contributed by atoms with Crippen LogP contribution in [0.25, 0.3) is 0 Å². The molecule has 28 heavy (non-hydrogen) atoms. The van der Waals surface area contributed by atoms with Crippen molar-refractivity contribution in [1.82, 2.24) is 0 Å². The van der Waals surface area contributed by atoms with Gasteiger partial charge in [0.2, 0.25) is 0 Å². The van der Waals surface area contributed by atoms with Crippen LogP contribution >= 0.6 is 0 Å². The van der Waals surface area contributed by atoms with Crippen LogP contribution in [0.1, 0.15) is 20.7 Å². The van der Waals surface area contributed by atoms with Crippen LogP contribution < -0.4 is 10.6 Å². The topological polar surface area (TPSA) is 113 Å². The Balaban J connectivity index is 1.92. The molecule has 0 bridgehead atoms. The van der Waals surface area contributed by atoms with Crippen molar-refractivity contribution < 1.29 is 22.6 Å². The molecular formula is C20H16N2O5S. The second-order valence-corrected chi connectivity index (χ2v) is 7.22. The molecule has 3 aromatic carbocycles. The summed E-state index contributed by atoms with van der Waals surface area (Å²) in [6.07, 6.45) is 0. The molecule has 3 N–H and O–H groups in total. The molecular weight excluding hydrogens is 380 g/mol. The molecule has 0 fully saturated rings. The van der Waals surface area contributed by atoms with Gasteiger partial charge in [-0.3, -0.25) is 14.1 Å². The lowest BCUT2D eigenvalue weighted by Crippen LogP contribution is -2.18. The Morgan fingerprint density at radius 2 is 1.21 bits per heavy atom. The molecule has 142 valence electrons. The molecule has 0 aliphatic heterocycles. The highest BCUT2D eigenvalue weighted by Crippen LogP contribution is 2.20. The highest BCUT2D eigenvalue weighted by molar-refractivity contribution is 7.86. The first-order chi connectivity index (χ1) is 13.3. The summed E-state index contributed by atoms with van der Waals surface area (Å²) in [6.45, 7) is 0. The third-order valence-corrected chi connectivity index (χ3v) is 4.72. The van der Waals surface area contributed by atoms with Gasteiger partial charge in [-0.15, -0.1) is 0 Å². The molecule has 0 heterocycles. The first-order valence-electron chi connectivity index (χ1n) is 8.19. The number of anilines is 2. The largest absolute Gasteiger partial charge is 0.322 e. The highest BCUT2D eigenvalue weighted by Gasteiger charge is 2.23. The van der Waals surface area contributed by atoms with Crippen molar-refractivity contribution in [2.45, 2.75) is 4.90 Å². The van der Waals surface area contributed by atoms with E-state index in [2.05, 4.69) is 10.6 Å². The molecule has 0 unspecified atom stereocenters. The van der Waals surface area contributed by atoms with Crippen LogP contribution in [0.4, 0.5) is 11.4 Å². The van der Waals surface area contributed by atoms with E-state index in [1.165, 1.54) is 12.1 Å². The molecule has 3 aromatic rings. The Kier molecular flexibility index (Phi) is 5.53. The fourth-order valence-corrected chi connectivity index (χ4v) is 3.22. The highest BCUT2D eigenvalue weighted by atomic mass is 32.2. The Bertz CT molecular complexity index is 1110. The maximum absolute atomic E-state index is 12.5. The van der Waals surface area contributed by atoms with Crippen LogP contribution in [0, 0.1) is 0 Å². The number of hydrogen-bond donors (Lipinski definition) is 3. The number of benzene rings is 3. The van der Waals surface area contributed by atoms with Crippen molar-refractivity contribution in [1.29, 1.82) is 0 Å². The van der Waals surface area contributed by atoms with Crippen LogP contribution in [0.3, 0.4) is 0 Å². The zero-order chi connectivity index (χ0) is 20.1. The van der Waals surface area contributed by atoms with Gasteiger partial charge >= 0.3 is 0 Å². The predicted octanol–water partition coefficient (Wildman–Crippen LogP) is 3.44. The van der Waals surface area contributed by atoms with E-state index in [0.717, 1.165) is 6.07 Å². The predicted molar refractivity (Wildman–Crippen MR) is 105 cm³/mol. The Hall–Kier alpha value is -3.49. The summed E-state index contributed by atoms with van der Waals surface area (Å²) in [4.78, 5) is 24.2. The second kappa shape index (κ2) is 8.03. The summed E-state index contributed by atoms with van der Waals surface area (Å²) in [5, 5.41) is 5.15. The van der Waals surface area contributed by atoms with Crippen molar-refractivity contribution in [2.75, 3.05) is 10.6 Å². The van der Waals surface area contributed by atoms with Gasteiger partial charge in [0.15, 0.2) is 0 Å². The molecule has 0 spiro atoms.